The lowest BCUT2D eigenvalue weighted by molar-refractivity contribution is 0.609. The van der Waals surface area contributed by atoms with Crippen LogP contribution in [0, 0.1) is 17.5 Å². The van der Waals surface area contributed by atoms with Gasteiger partial charge < -0.3 is 0 Å². The Morgan fingerprint density at radius 1 is 0.800 bits per heavy atom. The predicted octanol–water partition coefficient (Wildman–Crippen LogP) is 7.99. The van der Waals surface area contributed by atoms with E-state index in [-0.39, 0.29) is 17.5 Å². The number of unbranched alkanes of at least 4 members (excludes halogenated alkanes) is 2. The molecule has 0 atom stereocenters. The van der Waals surface area contributed by atoms with Crippen LogP contribution in [0.1, 0.15) is 54.9 Å². The van der Waals surface area contributed by atoms with Gasteiger partial charge in [0.15, 0.2) is 0 Å². The van der Waals surface area contributed by atoms with E-state index in [0.717, 1.165) is 42.4 Å². The van der Waals surface area contributed by atoms with E-state index >= 15 is 4.39 Å². The van der Waals surface area contributed by atoms with Gasteiger partial charge in [-0.15, -0.1) is 0 Å². The summed E-state index contributed by atoms with van der Waals surface area (Å²) in [4.78, 5) is 0. The molecule has 154 valence electrons. The van der Waals surface area contributed by atoms with E-state index in [1.165, 1.54) is 12.1 Å². The summed E-state index contributed by atoms with van der Waals surface area (Å²) in [6.07, 6.45) is 7.25. The molecule has 0 nitrogen and oxygen atoms in total. The molecule has 0 unspecified atom stereocenters. The van der Waals surface area contributed by atoms with Crippen molar-refractivity contribution in [3.05, 3.63) is 94.3 Å². The van der Waals surface area contributed by atoms with Crippen molar-refractivity contribution in [3.63, 3.8) is 0 Å². The Balaban J connectivity index is 1.62. The average molecular weight is 406 g/mol. The lowest BCUT2D eigenvalue weighted by atomic mass is 9.86. The number of halogens is 3. The molecule has 0 aliphatic heterocycles. The first-order valence-electron chi connectivity index (χ1n) is 10.6. The Bertz CT molecular complexity index is 1080. The zero-order chi connectivity index (χ0) is 21.1. The van der Waals surface area contributed by atoms with E-state index in [9.17, 15) is 8.78 Å². The van der Waals surface area contributed by atoms with Crippen LogP contribution in [-0.4, -0.2) is 0 Å². The summed E-state index contributed by atoms with van der Waals surface area (Å²) in [7, 11) is 0. The second kappa shape index (κ2) is 8.91. The van der Waals surface area contributed by atoms with Crippen LogP contribution in [0.5, 0.6) is 0 Å². The minimum atomic E-state index is -0.344. The van der Waals surface area contributed by atoms with Gasteiger partial charge in [-0.1, -0.05) is 62.2 Å². The topological polar surface area (TPSA) is 0 Å². The molecule has 0 radical (unpaired) electrons. The Morgan fingerprint density at radius 3 is 2.30 bits per heavy atom. The standard InChI is InChI=1S/C27H25F3/c1-2-3-4-5-18-6-13-23(26(29)16-18)20-9-15-25-21(17-20)10-14-24(27(25)30)19-7-11-22(28)12-8-19/h6-8,10-14,16-17H,2-5,9,15H2,1H3. The van der Waals surface area contributed by atoms with Gasteiger partial charge in [-0.05, 0) is 71.7 Å². The summed E-state index contributed by atoms with van der Waals surface area (Å²) in [5, 5.41) is 0. The SMILES string of the molecule is CCCCCc1ccc(C2=Cc3ccc(-c4ccc(F)cc4)c(F)c3CC2)c(F)c1. The number of hydrogen-bond donors (Lipinski definition) is 0. The Kier molecular flexibility index (Phi) is 6.08. The van der Waals surface area contributed by atoms with E-state index in [1.807, 2.05) is 24.3 Å². The number of hydrogen-bond acceptors (Lipinski definition) is 0. The zero-order valence-corrected chi connectivity index (χ0v) is 17.2. The van der Waals surface area contributed by atoms with Crippen LogP contribution in [-0.2, 0) is 12.8 Å². The van der Waals surface area contributed by atoms with Crippen LogP contribution in [0.25, 0.3) is 22.8 Å². The minimum absolute atomic E-state index is 0.206. The molecule has 0 fully saturated rings. The van der Waals surface area contributed by atoms with Crippen molar-refractivity contribution in [3.8, 4) is 11.1 Å². The van der Waals surface area contributed by atoms with Crippen LogP contribution in [0.15, 0.2) is 54.6 Å². The van der Waals surface area contributed by atoms with Gasteiger partial charge in [-0.25, -0.2) is 13.2 Å². The zero-order valence-electron chi connectivity index (χ0n) is 17.2. The van der Waals surface area contributed by atoms with E-state index < -0.39 is 0 Å². The molecule has 3 aromatic carbocycles. The number of allylic oxidation sites excluding steroid dienone is 1. The van der Waals surface area contributed by atoms with Gasteiger partial charge in [0.1, 0.15) is 17.5 Å². The monoisotopic (exact) mass is 406 g/mol. The maximum atomic E-state index is 15.2. The summed E-state index contributed by atoms with van der Waals surface area (Å²) >= 11 is 0. The van der Waals surface area contributed by atoms with E-state index in [0.29, 0.717) is 35.1 Å². The molecule has 0 saturated carbocycles. The minimum Gasteiger partial charge on any atom is -0.207 e. The third kappa shape index (κ3) is 4.21. The van der Waals surface area contributed by atoms with Crippen LogP contribution in [0.3, 0.4) is 0 Å². The molecule has 3 aromatic rings. The first-order chi connectivity index (χ1) is 14.6. The number of benzene rings is 3. The third-order valence-corrected chi connectivity index (χ3v) is 5.86. The number of rotatable bonds is 6. The smallest absolute Gasteiger partial charge is 0.134 e. The van der Waals surface area contributed by atoms with Crippen molar-refractivity contribution in [2.24, 2.45) is 0 Å². The van der Waals surface area contributed by atoms with Gasteiger partial charge >= 0.3 is 0 Å². The quantitative estimate of drug-likeness (QED) is 0.364. The lowest BCUT2D eigenvalue weighted by Crippen LogP contribution is -2.05. The van der Waals surface area contributed by atoms with Gasteiger partial charge in [-0.3, -0.25) is 0 Å². The van der Waals surface area contributed by atoms with Gasteiger partial charge in [0.25, 0.3) is 0 Å². The normalized spacial score (nSPS) is 13.1. The summed E-state index contributed by atoms with van der Waals surface area (Å²) in [5.74, 6) is -0.827. The van der Waals surface area contributed by atoms with E-state index in [2.05, 4.69) is 6.92 Å². The summed E-state index contributed by atoms with van der Waals surface area (Å²) in [6, 6.07) is 14.9. The Labute approximate surface area is 176 Å². The highest BCUT2D eigenvalue weighted by Gasteiger charge is 2.20. The molecule has 0 saturated heterocycles. The van der Waals surface area contributed by atoms with Gasteiger partial charge in [-0.2, -0.15) is 0 Å². The predicted molar refractivity (Wildman–Crippen MR) is 118 cm³/mol. The number of aryl methyl sites for hydroxylation is 1. The maximum absolute atomic E-state index is 15.2. The van der Waals surface area contributed by atoms with Crippen molar-refractivity contribution in [1.29, 1.82) is 0 Å². The highest BCUT2D eigenvalue weighted by Crippen LogP contribution is 2.36. The highest BCUT2D eigenvalue weighted by atomic mass is 19.1. The molecular weight excluding hydrogens is 381 g/mol. The molecule has 0 amide bonds. The molecule has 0 heterocycles. The highest BCUT2D eigenvalue weighted by molar-refractivity contribution is 5.85. The molecule has 0 aromatic heterocycles. The molecule has 1 aliphatic carbocycles. The number of fused-ring (bicyclic) bond motifs is 1. The first-order valence-corrected chi connectivity index (χ1v) is 10.6. The van der Waals surface area contributed by atoms with Crippen molar-refractivity contribution in [1.82, 2.24) is 0 Å². The summed E-state index contributed by atoms with van der Waals surface area (Å²) in [5.41, 5.74) is 5.06. The van der Waals surface area contributed by atoms with Crippen molar-refractivity contribution in [2.45, 2.75) is 45.4 Å². The average Bonchev–Trinajstić information content (AvgIpc) is 2.75. The van der Waals surface area contributed by atoms with Crippen LogP contribution in [0.4, 0.5) is 13.2 Å². The van der Waals surface area contributed by atoms with Crippen LogP contribution < -0.4 is 0 Å². The van der Waals surface area contributed by atoms with Crippen molar-refractivity contribution in [2.75, 3.05) is 0 Å². The first kappa shape index (κ1) is 20.5. The van der Waals surface area contributed by atoms with Gasteiger partial charge in [0, 0.05) is 11.1 Å². The summed E-state index contributed by atoms with van der Waals surface area (Å²) < 4.78 is 43.1. The molecule has 0 bridgehead atoms. The van der Waals surface area contributed by atoms with Gasteiger partial charge in [0.05, 0.1) is 0 Å². The third-order valence-electron chi connectivity index (χ3n) is 5.86. The van der Waals surface area contributed by atoms with Crippen LogP contribution >= 0.6 is 0 Å². The van der Waals surface area contributed by atoms with Gasteiger partial charge in [0.2, 0.25) is 0 Å². The maximum Gasteiger partial charge on any atom is 0.134 e. The summed E-state index contributed by atoms with van der Waals surface area (Å²) in [6.45, 7) is 2.16. The molecule has 3 heteroatoms. The molecule has 0 spiro atoms. The fourth-order valence-corrected chi connectivity index (χ4v) is 4.16. The molecular formula is C27H25F3. The van der Waals surface area contributed by atoms with E-state index in [1.54, 1.807) is 24.3 Å². The van der Waals surface area contributed by atoms with Crippen LogP contribution in [0.2, 0.25) is 0 Å². The van der Waals surface area contributed by atoms with Crippen molar-refractivity contribution < 1.29 is 13.2 Å². The Morgan fingerprint density at radius 2 is 1.57 bits per heavy atom. The fraction of sp³-hybridized carbons (Fsp3) is 0.259. The lowest BCUT2D eigenvalue weighted by Gasteiger charge is -2.20. The van der Waals surface area contributed by atoms with E-state index in [4.69, 9.17) is 0 Å². The molecule has 30 heavy (non-hydrogen) atoms. The molecule has 0 N–H and O–H groups in total. The Hall–Kier alpha value is -2.81. The van der Waals surface area contributed by atoms with Crippen molar-refractivity contribution >= 4 is 11.6 Å². The fourth-order valence-electron chi connectivity index (χ4n) is 4.16. The second-order valence-electron chi connectivity index (χ2n) is 7.94. The molecule has 4 rings (SSSR count). The largest absolute Gasteiger partial charge is 0.207 e. The molecule has 1 aliphatic rings. The second-order valence-corrected chi connectivity index (χ2v) is 7.94.